The predicted octanol–water partition coefficient (Wildman–Crippen LogP) is 1.99. The highest BCUT2D eigenvalue weighted by atomic mass is 35.5. The summed E-state index contributed by atoms with van der Waals surface area (Å²) in [5.74, 6) is -0.734. The summed E-state index contributed by atoms with van der Waals surface area (Å²) in [5, 5.41) is 7.87. The first-order valence-electron chi connectivity index (χ1n) is 5.96. The van der Waals surface area contributed by atoms with Gasteiger partial charge in [-0.05, 0) is 19.1 Å². The van der Waals surface area contributed by atoms with Gasteiger partial charge in [0, 0.05) is 10.6 Å². The highest BCUT2D eigenvalue weighted by Crippen LogP contribution is 2.11. The SMILES string of the molecule is CCOC(=O)c1cn(CC(=O)c2cccc(Cl)c2)nn1. The molecular formula is C13H12ClN3O3. The molecule has 6 nitrogen and oxygen atoms in total. The molecule has 104 valence electrons. The Morgan fingerprint density at radius 3 is 2.90 bits per heavy atom. The molecule has 1 aromatic carbocycles. The van der Waals surface area contributed by atoms with Gasteiger partial charge in [-0.3, -0.25) is 4.79 Å². The Balaban J connectivity index is 2.07. The van der Waals surface area contributed by atoms with E-state index in [1.165, 1.54) is 10.9 Å². The van der Waals surface area contributed by atoms with E-state index in [0.717, 1.165) is 0 Å². The smallest absolute Gasteiger partial charge is 0.360 e. The van der Waals surface area contributed by atoms with Crippen LogP contribution in [0.4, 0.5) is 0 Å². The van der Waals surface area contributed by atoms with Crippen molar-refractivity contribution >= 4 is 23.4 Å². The second kappa shape index (κ2) is 6.29. The molecule has 1 aromatic heterocycles. The van der Waals surface area contributed by atoms with Crippen LogP contribution in [0.2, 0.25) is 5.02 Å². The van der Waals surface area contributed by atoms with Crippen molar-refractivity contribution in [1.82, 2.24) is 15.0 Å². The molecule has 0 aliphatic heterocycles. The standard InChI is InChI=1S/C13H12ClN3O3/c1-2-20-13(19)11-7-17(16-15-11)8-12(18)9-4-3-5-10(14)6-9/h3-7H,2,8H2,1H3. The van der Waals surface area contributed by atoms with Gasteiger partial charge in [-0.25, -0.2) is 9.48 Å². The maximum absolute atomic E-state index is 12.0. The minimum Gasteiger partial charge on any atom is -0.461 e. The van der Waals surface area contributed by atoms with E-state index < -0.39 is 5.97 Å². The first-order valence-corrected chi connectivity index (χ1v) is 6.34. The van der Waals surface area contributed by atoms with Gasteiger partial charge < -0.3 is 4.74 Å². The van der Waals surface area contributed by atoms with Crippen molar-refractivity contribution in [3.63, 3.8) is 0 Å². The molecule has 2 aromatic rings. The maximum Gasteiger partial charge on any atom is 0.360 e. The van der Waals surface area contributed by atoms with E-state index >= 15 is 0 Å². The summed E-state index contributed by atoms with van der Waals surface area (Å²) in [6, 6.07) is 6.62. The van der Waals surface area contributed by atoms with Crippen molar-refractivity contribution in [3.8, 4) is 0 Å². The maximum atomic E-state index is 12.0. The molecular weight excluding hydrogens is 282 g/mol. The monoisotopic (exact) mass is 293 g/mol. The van der Waals surface area contributed by atoms with E-state index in [1.54, 1.807) is 31.2 Å². The second-order valence-electron chi connectivity index (χ2n) is 3.96. The third kappa shape index (κ3) is 3.42. The molecule has 7 heteroatoms. The van der Waals surface area contributed by atoms with Gasteiger partial charge in [-0.15, -0.1) is 5.10 Å². The molecule has 0 bridgehead atoms. The van der Waals surface area contributed by atoms with E-state index in [9.17, 15) is 9.59 Å². The number of carbonyl (C=O) groups is 2. The van der Waals surface area contributed by atoms with Gasteiger partial charge in [-0.2, -0.15) is 0 Å². The average molecular weight is 294 g/mol. The number of rotatable bonds is 5. The summed E-state index contributed by atoms with van der Waals surface area (Å²) in [6.45, 7) is 1.94. The van der Waals surface area contributed by atoms with Gasteiger partial charge in [0.1, 0.15) is 6.54 Å². The first kappa shape index (κ1) is 14.2. The van der Waals surface area contributed by atoms with E-state index in [-0.39, 0.29) is 24.6 Å². The fraction of sp³-hybridized carbons (Fsp3) is 0.231. The van der Waals surface area contributed by atoms with Crippen LogP contribution in [0.1, 0.15) is 27.8 Å². The Kier molecular flexibility index (Phi) is 4.47. The Labute approximate surface area is 120 Å². The zero-order valence-corrected chi connectivity index (χ0v) is 11.5. The van der Waals surface area contributed by atoms with Crippen molar-refractivity contribution in [1.29, 1.82) is 0 Å². The van der Waals surface area contributed by atoms with Gasteiger partial charge in [0.05, 0.1) is 12.8 Å². The van der Waals surface area contributed by atoms with Crippen LogP contribution in [0, 0.1) is 0 Å². The molecule has 0 radical (unpaired) electrons. The van der Waals surface area contributed by atoms with E-state index in [4.69, 9.17) is 16.3 Å². The number of hydrogen-bond donors (Lipinski definition) is 0. The number of aromatic nitrogens is 3. The average Bonchev–Trinajstić information content (AvgIpc) is 2.87. The third-order valence-electron chi connectivity index (χ3n) is 2.48. The first-order chi connectivity index (χ1) is 9.60. The van der Waals surface area contributed by atoms with Gasteiger partial charge in [0.25, 0.3) is 0 Å². The Bertz CT molecular complexity index is 639. The molecule has 0 aliphatic rings. The number of nitrogens with zero attached hydrogens (tertiary/aromatic N) is 3. The Morgan fingerprint density at radius 1 is 1.40 bits per heavy atom. The molecule has 0 fully saturated rings. The lowest BCUT2D eigenvalue weighted by atomic mass is 10.1. The zero-order valence-electron chi connectivity index (χ0n) is 10.7. The van der Waals surface area contributed by atoms with Crippen molar-refractivity contribution in [2.75, 3.05) is 6.61 Å². The number of Topliss-reactive ketones (excluding diaryl/α,β-unsaturated/α-hetero) is 1. The van der Waals surface area contributed by atoms with Gasteiger partial charge in [0.2, 0.25) is 0 Å². The summed E-state index contributed by atoms with van der Waals surface area (Å²) >= 11 is 5.82. The van der Waals surface area contributed by atoms with Crippen molar-refractivity contribution < 1.29 is 14.3 Å². The molecule has 0 atom stereocenters. The quantitative estimate of drug-likeness (QED) is 0.622. The molecule has 0 spiro atoms. The second-order valence-corrected chi connectivity index (χ2v) is 4.39. The Morgan fingerprint density at radius 2 is 2.20 bits per heavy atom. The van der Waals surface area contributed by atoms with E-state index in [2.05, 4.69) is 10.3 Å². The molecule has 0 saturated carbocycles. The van der Waals surface area contributed by atoms with Crippen molar-refractivity contribution in [2.45, 2.75) is 13.5 Å². The lowest BCUT2D eigenvalue weighted by Crippen LogP contribution is -2.11. The summed E-state index contributed by atoms with van der Waals surface area (Å²) in [5.41, 5.74) is 0.552. The van der Waals surface area contributed by atoms with Gasteiger partial charge in [0.15, 0.2) is 11.5 Å². The van der Waals surface area contributed by atoms with Crippen molar-refractivity contribution in [2.24, 2.45) is 0 Å². The lowest BCUT2D eigenvalue weighted by molar-refractivity contribution is 0.0519. The van der Waals surface area contributed by atoms with Crippen LogP contribution < -0.4 is 0 Å². The number of benzene rings is 1. The third-order valence-corrected chi connectivity index (χ3v) is 2.71. The van der Waals surface area contributed by atoms with Crippen LogP contribution in [0.5, 0.6) is 0 Å². The highest BCUT2D eigenvalue weighted by Gasteiger charge is 2.14. The summed E-state index contributed by atoms with van der Waals surface area (Å²) in [7, 11) is 0. The number of hydrogen-bond acceptors (Lipinski definition) is 5. The van der Waals surface area contributed by atoms with Crippen LogP contribution in [0.3, 0.4) is 0 Å². The molecule has 1 heterocycles. The number of ketones is 1. The summed E-state index contributed by atoms with van der Waals surface area (Å²) in [6.07, 6.45) is 1.38. The molecule has 0 saturated heterocycles. The highest BCUT2D eigenvalue weighted by molar-refractivity contribution is 6.31. The minimum atomic E-state index is -0.561. The Hall–Kier alpha value is -2.21. The summed E-state index contributed by atoms with van der Waals surface area (Å²) in [4.78, 5) is 23.4. The van der Waals surface area contributed by atoms with Crippen LogP contribution in [0.25, 0.3) is 0 Å². The van der Waals surface area contributed by atoms with Crippen LogP contribution >= 0.6 is 11.6 Å². The van der Waals surface area contributed by atoms with Crippen LogP contribution in [-0.4, -0.2) is 33.4 Å². The summed E-state index contributed by atoms with van der Waals surface area (Å²) < 4.78 is 6.08. The number of carbonyl (C=O) groups excluding carboxylic acids is 2. The molecule has 0 amide bonds. The van der Waals surface area contributed by atoms with E-state index in [1.807, 2.05) is 0 Å². The molecule has 0 aliphatic carbocycles. The van der Waals surface area contributed by atoms with Gasteiger partial charge >= 0.3 is 5.97 Å². The molecule has 20 heavy (non-hydrogen) atoms. The molecule has 0 N–H and O–H groups in total. The van der Waals surface area contributed by atoms with Crippen LogP contribution in [-0.2, 0) is 11.3 Å². The topological polar surface area (TPSA) is 74.1 Å². The fourth-order valence-electron chi connectivity index (χ4n) is 1.57. The van der Waals surface area contributed by atoms with E-state index in [0.29, 0.717) is 10.6 Å². The normalized spacial score (nSPS) is 10.3. The van der Waals surface area contributed by atoms with Gasteiger partial charge in [-0.1, -0.05) is 28.9 Å². The van der Waals surface area contributed by atoms with Crippen molar-refractivity contribution in [3.05, 3.63) is 46.7 Å². The lowest BCUT2D eigenvalue weighted by Gasteiger charge is -2.01. The number of ether oxygens (including phenoxy) is 1. The minimum absolute atomic E-state index is 0.0211. The number of esters is 1. The zero-order chi connectivity index (χ0) is 14.5. The fourth-order valence-corrected chi connectivity index (χ4v) is 1.76. The predicted molar refractivity (Wildman–Crippen MR) is 71.8 cm³/mol. The largest absolute Gasteiger partial charge is 0.461 e. The molecule has 0 unspecified atom stereocenters. The number of halogens is 1. The molecule has 2 rings (SSSR count). The van der Waals surface area contributed by atoms with Crippen LogP contribution in [0.15, 0.2) is 30.5 Å².